The minimum absolute atomic E-state index is 0.0967. The minimum atomic E-state index is -1.02. The summed E-state index contributed by atoms with van der Waals surface area (Å²) in [4.78, 5) is 11.7. The molecule has 3 fully saturated rings. The predicted octanol–water partition coefficient (Wildman–Crippen LogP) is 4.52. The Morgan fingerprint density at radius 2 is 2.04 bits per heavy atom. The molecule has 1 heterocycles. The van der Waals surface area contributed by atoms with Crippen molar-refractivity contribution in [2.45, 2.75) is 50.9 Å². The summed E-state index contributed by atoms with van der Waals surface area (Å²) in [5, 5.41) is 19.2. The molecule has 2 saturated carbocycles. The Labute approximate surface area is 160 Å². The van der Waals surface area contributed by atoms with Gasteiger partial charge in [0, 0.05) is 24.3 Å². The van der Waals surface area contributed by atoms with Crippen LogP contribution < -0.4 is 0 Å². The Morgan fingerprint density at radius 3 is 2.67 bits per heavy atom. The van der Waals surface area contributed by atoms with Crippen molar-refractivity contribution in [2.75, 3.05) is 7.11 Å². The second-order valence-electron chi connectivity index (χ2n) is 8.53. The van der Waals surface area contributed by atoms with Gasteiger partial charge in [0.25, 0.3) is 5.79 Å². The van der Waals surface area contributed by atoms with Gasteiger partial charge in [-0.1, -0.05) is 26.0 Å². The molecule has 1 spiro atoms. The van der Waals surface area contributed by atoms with Crippen molar-refractivity contribution in [1.82, 2.24) is 0 Å². The Balaban J connectivity index is 1.75. The largest absolute Gasteiger partial charge is 0.507 e. The lowest BCUT2D eigenvalue weighted by Crippen LogP contribution is -2.74. The number of hydrogen-bond acceptors (Lipinski definition) is 5. The maximum absolute atomic E-state index is 10.5. The topological polar surface area (TPSA) is 71.7 Å². The van der Waals surface area contributed by atoms with Gasteiger partial charge in [0.05, 0.1) is 6.07 Å². The summed E-state index contributed by atoms with van der Waals surface area (Å²) < 4.78 is 6.00. The summed E-state index contributed by atoms with van der Waals surface area (Å²) in [7, 11) is 1.65. The van der Waals surface area contributed by atoms with Crippen LogP contribution in [0.5, 0.6) is 5.75 Å². The van der Waals surface area contributed by atoms with Gasteiger partial charge in [-0.25, -0.2) is 4.89 Å². The molecule has 5 nitrogen and oxygen atoms in total. The number of phenolic OH excluding ortho intramolecular Hbond substituents is 1. The first kappa shape index (κ1) is 18.5. The fourth-order valence-corrected chi connectivity index (χ4v) is 5.92. The number of benzene rings is 1. The van der Waals surface area contributed by atoms with Crippen molar-refractivity contribution in [1.29, 1.82) is 5.26 Å². The lowest BCUT2D eigenvalue weighted by Gasteiger charge is -2.64. The van der Waals surface area contributed by atoms with Crippen LogP contribution >= 0.6 is 0 Å². The number of nitriles is 1. The van der Waals surface area contributed by atoms with Crippen molar-refractivity contribution in [2.24, 2.45) is 23.7 Å². The van der Waals surface area contributed by atoms with E-state index in [1.165, 1.54) is 12.5 Å². The third-order valence-electron chi connectivity index (χ3n) is 6.91. The van der Waals surface area contributed by atoms with Gasteiger partial charge in [-0.05, 0) is 61.5 Å². The number of aromatic hydroxyl groups is 1. The molecule has 3 aliphatic rings. The predicted molar refractivity (Wildman–Crippen MR) is 100 cm³/mol. The van der Waals surface area contributed by atoms with Gasteiger partial charge in [-0.15, -0.1) is 0 Å². The van der Waals surface area contributed by atoms with Crippen LogP contribution in [0.25, 0.3) is 6.08 Å². The highest BCUT2D eigenvalue weighted by Gasteiger charge is 2.73. The molecule has 6 atom stereocenters. The molecule has 1 aromatic rings. The molecule has 0 aromatic heterocycles. The van der Waals surface area contributed by atoms with Crippen molar-refractivity contribution in [3.63, 3.8) is 0 Å². The average Bonchev–Trinajstić information content (AvgIpc) is 2.60. The molecule has 27 heavy (non-hydrogen) atoms. The van der Waals surface area contributed by atoms with Crippen LogP contribution in [0.2, 0.25) is 0 Å². The van der Waals surface area contributed by atoms with E-state index in [9.17, 15) is 5.11 Å². The SMILES string of the molecule is COC1(c2ccc(/C=C/C#N)c(O)c2)OOC12C(C)CC1CC(C)CC2C1. The number of nitrogens with zero attached hydrogens (tertiary/aromatic N) is 1. The monoisotopic (exact) mass is 369 g/mol. The summed E-state index contributed by atoms with van der Waals surface area (Å²) in [5.41, 5.74) is 0.805. The van der Waals surface area contributed by atoms with Crippen molar-refractivity contribution in [3.05, 3.63) is 35.4 Å². The molecular formula is C22H27NO4. The van der Waals surface area contributed by atoms with Gasteiger partial charge >= 0.3 is 0 Å². The third-order valence-corrected chi connectivity index (χ3v) is 6.91. The van der Waals surface area contributed by atoms with E-state index < -0.39 is 11.4 Å². The zero-order valence-corrected chi connectivity index (χ0v) is 16.1. The quantitative estimate of drug-likeness (QED) is 0.626. The normalized spacial score (nSPS) is 40.7. The van der Waals surface area contributed by atoms with Crippen molar-refractivity contribution < 1.29 is 19.6 Å². The molecular weight excluding hydrogens is 342 g/mol. The minimum Gasteiger partial charge on any atom is -0.507 e. The molecule has 144 valence electrons. The molecule has 1 N–H and O–H groups in total. The molecule has 5 heteroatoms. The van der Waals surface area contributed by atoms with Gasteiger partial charge < -0.3 is 9.84 Å². The number of hydrogen-bond donors (Lipinski definition) is 1. The highest BCUT2D eigenvalue weighted by atomic mass is 17.3. The Hall–Kier alpha value is -1.87. The summed E-state index contributed by atoms with van der Waals surface area (Å²) >= 11 is 0. The molecule has 0 radical (unpaired) electrons. The number of fused-ring (bicyclic) bond motifs is 3. The first-order chi connectivity index (χ1) is 13.0. The van der Waals surface area contributed by atoms with E-state index in [1.807, 2.05) is 12.1 Å². The van der Waals surface area contributed by atoms with Gasteiger partial charge in [0.2, 0.25) is 0 Å². The molecule has 0 amide bonds. The van der Waals surface area contributed by atoms with Crippen LogP contribution in [0.1, 0.15) is 50.7 Å². The number of allylic oxidation sites excluding steroid dienone is 1. The van der Waals surface area contributed by atoms with Gasteiger partial charge in [-0.3, -0.25) is 0 Å². The highest BCUT2D eigenvalue weighted by Crippen LogP contribution is 2.64. The number of rotatable bonds is 3. The van der Waals surface area contributed by atoms with E-state index in [4.69, 9.17) is 19.8 Å². The summed E-state index contributed by atoms with van der Waals surface area (Å²) in [5.74, 6) is 1.15. The molecule has 4 rings (SSSR count). The van der Waals surface area contributed by atoms with E-state index in [-0.39, 0.29) is 5.75 Å². The van der Waals surface area contributed by atoms with Crippen LogP contribution in [0.15, 0.2) is 24.3 Å². The zero-order chi connectivity index (χ0) is 19.2. The summed E-state index contributed by atoms with van der Waals surface area (Å²) in [6.45, 7) is 4.55. The highest BCUT2D eigenvalue weighted by molar-refractivity contribution is 5.59. The molecule has 1 aromatic carbocycles. The van der Waals surface area contributed by atoms with Crippen LogP contribution in [0.3, 0.4) is 0 Å². The summed E-state index contributed by atoms with van der Waals surface area (Å²) in [6.07, 6.45) is 7.56. The number of phenols is 1. The lowest BCUT2D eigenvalue weighted by atomic mass is 9.54. The van der Waals surface area contributed by atoms with Crippen LogP contribution in [0.4, 0.5) is 0 Å². The Morgan fingerprint density at radius 1 is 1.22 bits per heavy atom. The molecule has 2 bridgehead atoms. The molecule has 1 aliphatic heterocycles. The maximum Gasteiger partial charge on any atom is 0.260 e. The van der Waals surface area contributed by atoms with Crippen molar-refractivity contribution >= 4 is 6.08 Å². The fraction of sp³-hybridized carbons (Fsp3) is 0.591. The molecule has 6 unspecified atom stereocenters. The second-order valence-corrected chi connectivity index (χ2v) is 8.53. The van der Waals surface area contributed by atoms with E-state index in [0.29, 0.717) is 23.3 Å². The smallest absolute Gasteiger partial charge is 0.260 e. The average molecular weight is 369 g/mol. The Bertz CT molecular complexity index is 792. The number of methoxy groups -OCH3 is 1. The lowest BCUT2D eigenvalue weighted by molar-refractivity contribution is -0.641. The van der Waals surface area contributed by atoms with Crippen LogP contribution in [0, 0.1) is 35.0 Å². The van der Waals surface area contributed by atoms with Crippen LogP contribution in [-0.4, -0.2) is 17.8 Å². The van der Waals surface area contributed by atoms with Gasteiger partial charge in [0.15, 0.2) is 5.60 Å². The first-order valence-electron chi connectivity index (χ1n) is 9.78. The Kier molecular flexibility index (Phi) is 4.54. The molecule has 1 saturated heterocycles. The fourth-order valence-electron chi connectivity index (χ4n) is 5.92. The van der Waals surface area contributed by atoms with E-state index in [1.54, 1.807) is 25.3 Å². The van der Waals surface area contributed by atoms with E-state index in [0.717, 1.165) is 30.7 Å². The standard InChI is InChI=1S/C22H27NO4/c1-14-9-16-11-15(2)21(19(10-14)12-16)22(25-3,27-26-21)18-7-6-17(5-4-8-23)20(24)13-18/h4-7,13-16,19,24H,9-12H2,1-3H3/b5-4+. The zero-order valence-electron chi connectivity index (χ0n) is 16.1. The van der Waals surface area contributed by atoms with Gasteiger partial charge in [0.1, 0.15) is 5.75 Å². The second kappa shape index (κ2) is 6.63. The maximum atomic E-state index is 10.5. The summed E-state index contributed by atoms with van der Waals surface area (Å²) in [6, 6.07) is 7.30. The van der Waals surface area contributed by atoms with E-state index in [2.05, 4.69) is 13.8 Å². The number of ether oxygens (including phenoxy) is 1. The van der Waals surface area contributed by atoms with Crippen LogP contribution in [-0.2, 0) is 20.3 Å². The first-order valence-corrected chi connectivity index (χ1v) is 9.78. The van der Waals surface area contributed by atoms with E-state index >= 15 is 0 Å². The van der Waals surface area contributed by atoms with Gasteiger partial charge in [-0.2, -0.15) is 10.1 Å². The third kappa shape index (κ3) is 2.55. The van der Waals surface area contributed by atoms with Crippen molar-refractivity contribution in [3.8, 4) is 11.8 Å². The molecule has 2 aliphatic carbocycles.